The van der Waals surface area contributed by atoms with Crippen molar-refractivity contribution in [2.24, 2.45) is 0 Å². The Balaban J connectivity index is 1.02. The summed E-state index contributed by atoms with van der Waals surface area (Å²) in [5, 5.41) is 10.3. The zero-order valence-electron chi connectivity index (χ0n) is 39.2. The van der Waals surface area contributed by atoms with Gasteiger partial charge in [-0.2, -0.15) is 0 Å². The highest BCUT2D eigenvalue weighted by Crippen LogP contribution is 2.56. The average Bonchev–Trinajstić information content (AvgIpc) is 3.43. The van der Waals surface area contributed by atoms with Gasteiger partial charge in [0, 0.05) is 67.1 Å². The summed E-state index contributed by atoms with van der Waals surface area (Å²) in [4.78, 5) is 0. The fraction of sp³-hybridized carbons (Fsp3) is 0.0625. The van der Waals surface area contributed by atoms with Gasteiger partial charge in [0.25, 0.3) is 0 Å². The van der Waals surface area contributed by atoms with Crippen molar-refractivity contribution in [3.63, 3.8) is 0 Å². The van der Waals surface area contributed by atoms with Crippen molar-refractivity contribution in [3.8, 4) is 57.1 Å². The standard InChI is InChI=1S/C64H46O4P4/c1-9-31-55-47(23-1)65-48-24-2-10-32-56(48)69(55)39-43-19-17-20-44(40-70-57-33-11-3-25-49(57)66-50-26-4-12-34-58(50)70)63(43)64-45(41-71-59-35-13-5-27-51(59)67-52-28-6-14-36-60(52)71)21-18-22-46(64)42-72-61-37-15-7-29-53(61)68-54-30-8-16-38-62(54)72/h1-38H,39-42H2. The maximum atomic E-state index is 6.66. The SMILES string of the molecule is c1cc(CP2c3ccccc3Oc3ccccc32)c(-c2c(CP3c4ccccc4Oc4ccccc43)cccc2CP2c3ccccc3Oc3ccccc32)c(CP2c3ccccc3Oc3ccccc32)c1. The first kappa shape index (κ1) is 43.9. The Morgan fingerprint density at radius 2 is 0.361 bits per heavy atom. The Morgan fingerprint density at radius 1 is 0.194 bits per heavy atom. The van der Waals surface area contributed by atoms with Crippen LogP contribution in [0.15, 0.2) is 231 Å². The van der Waals surface area contributed by atoms with Gasteiger partial charge in [0.15, 0.2) is 0 Å². The molecular weight excluding hydrogens is 957 g/mol. The molecule has 0 aromatic heterocycles. The first-order chi connectivity index (χ1) is 35.7. The van der Waals surface area contributed by atoms with Crippen LogP contribution in [0.2, 0.25) is 0 Å². The highest BCUT2D eigenvalue weighted by Gasteiger charge is 2.35. The van der Waals surface area contributed by atoms with E-state index in [1.165, 1.54) is 75.8 Å². The molecule has 0 saturated carbocycles. The monoisotopic (exact) mass is 1000 g/mol. The number of hydrogen-bond acceptors (Lipinski definition) is 4. The summed E-state index contributed by atoms with van der Waals surface area (Å²) >= 11 is 0. The van der Waals surface area contributed by atoms with Gasteiger partial charge in [-0.3, -0.25) is 0 Å². The first-order valence-corrected chi connectivity index (χ1v) is 30.6. The zero-order valence-corrected chi connectivity index (χ0v) is 42.8. The summed E-state index contributed by atoms with van der Waals surface area (Å²) in [6, 6.07) is 84.2. The number of rotatable bonds is 9. The maximum absolute atomic E-state index is 6.66. The van der Waals surface area contributed by atoms with Crippen LogP contribution in [0.5, 0.6) is 46.0 Å². The number of ether oxygens (including phenoxy) is 4. The van der Waals surface area contributed by atoms with E-state index in [-0.39, 0.29) is 0 Å². The van der Waals surface area contributed by atoms with Crippen LogP contribution in [0, 0.1) is 0 Å². The minimum absolute atomic E-state index is 0.858. The van der Waals surface area contributed by atoms with E-state index >= 15 is 0 Å². The molecule has 8 heteroatoms. The summed E-state index contributed by atoms with van der Waals surface area (Å²) in [6.45, 7) is 0. The molecular formula is C64H46O4P4. The second kappa shape index (κ2) is 18.6. The molecule has 4 heterocycles. The van der Waals surface area contributed by atoms with Gasteiger partial charge < -0.3 is 18.9 Å². The van der Waals surface area contributed by atoms with Crippen molar-refractivity contribution in [3.05, 3.63) is 253 Å². The van der Waals surface area contributed by atoms with E-state index < -0.39 is 31.7 Å². The Bertz CT molecular complexity index is 3080. The molecule has 0 N–H and O–H groups in total. The minimum Gasteiger partial charge on any atom is -0.456 e. The minimum atomic E-state index is -0.858. The molecule has 0 spiro atoms. The lowest BCUT2D eigenvalue weighted by atomic mass is 9.89. The number of benzene rings is 10. The number of para-hydroxylation sites is 8. The van der Waals surface area contributed by atoms with Crippen LogP contribution in [-0.2, 0) is 24.6 Å². The Kier molecular flexibility index (Phi) is 11.3. The molecule has 0 amide bonds. The van der Waals surface area contributed by atoms with Gasteiger partial charge in [0.1, 0.15) is 46.0 Å². The van der Waals surface area contributed by atoms with Gasteiger partial charge in [0.2, 0.25) is 0 Å². The van der Waals surface area contributed by atoms with Gasteiger partial charge in [-0.15, -0.1) is 0 Å². The largest absolute Gasteiger partial charge is 0.456 e. The lowest BCUT2D eigenvalue weighted by Crippen LogP contribution is -2.24. The fourth-order valence-electron chi connectivity index (χ4n) is 11.0. The molecule has 0 radical (unpaired) electrons. The number of fused-ring (bicyclic) bond motifs is 8. The van der Waals surface area contributed by atoms with Crippen molar-refractivity contribution in [2.45, 2.75) is 24.6 Å². The van der Waals surface area contributed by atoms with E-state index in [0.717, 1.165) is 70.6 Å². The van der Waals surface area contributed by atoms with Crippen LogP contribution in [-0.4, -0.2) is 0 Å². The highest BCUT2D eigenvalue weighted by atomic mass is 31.1. The molecule has 0 atom stereocenters. The van der Waals surface area contributed by atoms with Gasteiger partial charge in [-0.1, -0.05) is 182 Å². The van der Waals surface area contributed by atoms with Crippen LogP contribution < -0.4 is 61.4 Å². The van der Waals surface area contributed by atoms with Gasteiger partial charge in [-0.25, -0.2) is 0 Å². The third-order valence-corrected chi connectivity index (χ3v) is 24.4. The molecule has 346 valence electrons. The van der Waals surface area contributed by atoms with Crippen molar-refractivity contribution >= 4 is 74.1 Å². The van der Waals surface area contributed by atoms with Crippen molar-refractivity contribution in [1.29, 1.82) is 0 Å². The second-order valence-electron chi connectivity index (χ2n) is 18.4. The van der Waals surface area contributed by atoms with Crippen molar-refractivity contribution in [2.75, 3.05) is 0 Å². The molecule has 4 aliphatic rings. The smallest absolute Gasteiger partial charge is 0.135 e. The Hall–Kier alpha value is -6.88. The van der Waals surface area contributed by atoms with Crippen LogP contribution in [0.3, 0.4) is 0 Å². The first-order valence-electron chi connectivity index (χ1n) is 24.5. The fourth-order valence-corrected chi connectivity index (χ4v) is 21.0. The topological polar surface area (TPSA) is 36.9 Å². The molecule has 72 heavy (non-hydrogen) atoms. The molecule has 0 aliphatic carbocycles. The molecule has 0 unspecified atom stereocenters. The van der Waals surface area contributed by atoms with Crippen LogP contribution in [0.4, 0.5) is 0 Å². The van der Waals surface area contributed by atoms with Crippen molar-refractivity contribution in [1.82, 2.24) is 0 Å². The molecule has 10 aromatic rings. The molecule has 0 bridgehead atoms. The summed E-state index contributed by atoms with van der Waals surface area (Å²) in [5.74, 6) is 7.66. The molecule has 10 aromatic carbocycles. The van der Waals surface area contributed by atoms with E-state index in [2.05, 4.69) is 231 Å². The van der Waals surface area contributed by atoms with Crippen molar-refractivity contribution < 1.29 is 18.9 Å². The highest BCUT2D eigenvalue weighted by molar-refractivity contribution is 7.74. The predicted octanol–water partition coefficient (Wildman–Crippen LogP) is 14.3. The zero-order chi connectivity index (χ0) is 47.5. The molecule has 0 fully saturated rings. The lowest BCUT2D eigenvalue weighted by molar-refractivity contribution is 0.488. The summed E-state index contributed by atoms with van der Waals surface area (Å²) in [5.41, 5.74) is 8.19. The van der Waals surface area contributed by atoms with E-state index in [0.29, 0.717) is 0 Å². The number of hydrogen-bond donors (Lipinski definition) is 0. The van der Waals surface area contributed by atoms with Gasteiger partial charge >= 0.3 is 0 Å². The average molecular weight is 1000 g/mol. The molecule has 4 nitrogen and oxygen atoms in total. The summed E-state index contributed by atoms with van der Waals surface area (Å²) in [6.07, 6.45) is 3.45. The van der Waals surface area contributed by atoms with E-state index in [4.69, 9.17) is 18.9 Å². The maximum Gasteiger partial charge on any atom is 0.135 e. The molecule has 0 saturated heterocycles. The van der Waals surface area contributed by atoms with Crippen LogP contribution in [0.1, 0.15) is 22.3 Å². The van der Waals surface area contributed by atoms with Gasteiger partial charge in [0.05, 0.1) is 0 Å². The van der Waals surface area contributed by atoms with Gasteiger partial charge in [-0.05, 0) is 114 Å². The van der Waals surface area contributed by atoms with E-state index in [9.17, 15) is 0 Å². The summed E-state index contributed by atoms with van der Waals surface area (Å²) < 4.78 is 26.7. The lowest BCUT2D eigenvalue weighted by Gasteiger charge is -2.33. The Labute approximate surface area is 425 Å². The molecule has 14 rings (SSSR count). The normalized spacial score (nSPS) is 14.3. The third kappa shape index (κ3) is 7.76. The summed E-state index contributed by atoms with van der Waals surface area (Å²) in [7, 11) is -3.43. The third-order valence-electron chi connectivity index (χ3n) is 14.2. The van der Waals surface area contributed by atoms with E-state index in [1.807, 2.05) is 0 Å². The van der Waals surface area contributed by atoms with Crippen LogP contribution in [0.25, 0.3) is 11.1 Å². The molecule has 4 aliphatic heterocycles. The van der Waals surface area contributed by atoms with E-state index in [1.54, 1.807) is 0 Å². The van der Waals surface area contributed by atoms with Crippen LogP contribution >= 0.6 is 31.7 Å². The second-order valence-corrected chi connectivity index (χ2v) is 26.9. The Morgan fingerprint density at radius 3 is 0.542 bits per heavy atom. The predicted molar refractivity (Wildman–Crippen MR) is 303 cm³/mol. The quantitative estimate of drug-likeness (QED) is 0.135.